The molecule has 0 amide bonds. The molecule has 0 spiro atoms. The molecule has 0 heterocycles. The van der Waals surface area contributed by atoms with Gasteiger partial charge in [-0.1, -0.05) is 49.1 Å². The lowest BCUT2D eigenvalue weighted by Crippen LogP contribution is -2.29. The van der Waals surface area contributed by atoms with E-state index < -0.39 is 10.0 Å². The van der Waals surface area contributed by atoms with Crippen molar-refractivity contribution in [2.75, 3.05) is 4.72 Å². The molecule has 1 aromatic rings. The van der Waals surface area contributed by atoms with Gasteiger partial charge >= 0.3 is 0 Å². The van der Waals surface area contributed by atoms with E-state index in [0.29, 0.717) is 29.1 Å². The summed E-state index contributed by atoms with van der Waals surface area (Å²) in [7, 11) is -3.42. The fraction of sp³-hybridized carbons (Fsp3) is 0.462. The number of sulfonamides is 1. The second-order valence-corrected chi connectivity index (χ2v) is 7.77. The average molecular weight is 333 g/mol. The number of thiocarbonyl (C=S) groups is 1. The van der Waals surface area contributed by atoms with Crippen molar-refractivity contribution in [2.45, 2.75) is 37.4 Å². The predicted octanol–water partition coefficient (Wildman–Crippen LogP) is 3.05. The van der Waals surface area contributed by atoms with Gasteiger partial charge in [-0.2, -0.15) is 0 Å². The Morgan fingerprint density at radius 1 is 1.30 bits per heavy atom. The first-order valence-electron chi connectivity index (χ1n) is 6.51. The molecule has 1 aliphatic rings. The molecule has 1 aliphatic carbocycles. The highest BCUT2D eigenvalue weighted by atomic mass is 35.5. The van der Waals surface area contributed by atoms with Crippen LogP contribution in [0.1, 0.15) is 37.7 Å². The van der Waals surface area contributed by atoms with Gasteiger partial charge in [0.15, 0.2) is 0 Å². The van der Waals surface area contributed by atoms with Gasteiger partial charge in [0.05, 0.1) is 16.0 Å². The van der Waals surface area contributed by atoms with Crippen LogP contribution in [0.5, 0.6) is 0 Å². The molecule has 7 heteroatoms. The van der Waals surface area contributed by atoms with E-state index in [4.69, 9.17) is 29.6 Å². The monoisotopic (exact) mass is 332 g/mol. The third-order valence-electron chi connectivity index (χ3n) is 3.49. The van der Waals surface area contributed by atoms with Gasteiger partial charge in [0.2, 0.25) is 10.0 Å². The Hall–Kier alpha value is -0.850. The summed E-state index contributed by atoms with van der Waals surface area (Å²) in [6.45, 7) is 0. The maximum atomic E-state index is 12.4. The van der Waals surface area contributed by atoms with Crippen molar-refractivity contribution in [3.8, 4) is 0 Å². The molecular weight excluding hydrogens is 316 g/mol. The topological polar surface area (TPSA) is 72.2 Å². The van der Waals surface area contributed by atoms with Crippen molar-refractivity contribution in [1.29, 1.82) is 0 Å². The van der Waals surface area contributed by atoms with Gasteiger partial charge in [0.1, 0.15) is 4.99 Å². The summed E-state index contributed by atoms with van der Waals surface area (Å²) in [6.07, 6.45) is 4.39. The summed E-state index contributed by atoms with van der Waals surface area (Å²) in [6, 6.07) is 4.84. The van der Waals surface area contributed by atoms with Gasteiger partial charge in [-0.3, -0.25) is 4.72 Å². The Labute approximate surface area is 129 Å². The molecule has 0 atom stereocenters. The fourth-order valence-electron chi connectivity index (χ4n) is 2.37. The molecule has 0 saturated heterocycles. The van der Waals surface area contributed by atoms with Crippen LogP contribution in [0.25, 0.3) is 0 Å². The van der Waals surface area contributed by atoms with Crippen LogP contribution in [-0.4, -0.2) is 18.7 Å². The van der Waals surface area contributed by atoms with Crippen LogP contribution < -0.4 is 10.5 Å². The highest BCUT2D eigenvalue weighted by Crippen LogP contribution is 2.29. The molecule has 20 heavy (non-hydrogen) atoms. The van der Waals surface area contributed by atoms with Gasteiger partial charge in [0.25, 0.3) is 0 Å². The minimum absolute atomic E-state index is 0.208. The Balaban J connectivity index is 2.24. The molecular formula is C13H17ClN2O2S2. The Bertz CT molecular complexity index is 611. The number of hydrogen-bond donors (Lipinski definition) is 2. The first kappa shape index (κ1) is 15.5. The van der Waals surface area contributed by atoms with E-state index in [-0.39, 0.29) is 10.2 Å². The lowest BCUT2D eigenvalue weighted by molar-refractivity contribution is 0.486. The minimum atomic E-state index is -3.42. The summed E-state index contributed by atoms with van der Waals surface area (Å²) >= 11 is 10.9. The number of hydrogen-bond acceptors (Lipinski definition) is 3. The maximum absolute atomic E-state index is 12.4. The van der Waals surface area contributed by atoms with Gasteiger partial charge in [0, 0.05) is 5.56 Å². The molecule has 4 nitrogen and oxygen atoms in total. The third-order valence-corrected chi connectivity index (χ3v) is 5.91. The summed E-state index contributed by atoms with van der Waals surface area (Å²) in [5, 5.41) is -0.00909. The van der Waals surface area contributed by atoms with E-state index in [1.165, 1.54) is 0 Å². The molecule has 0 radical (unpaired) electrons. The van der Waals surface area contributed by atoms with Crippen LogP contribution >= 0.6 is 23.8 Å². The number of nitrogens with one attached hydrogen (secondary N) is 1. The van der Waals surface area contributed by atoms with Crippen molar-refractivity contribution in [3.63, 3.8) is 0 Å². The summed E-state index contributed by atoms with van der Waals surface area (Å²) in [5.41, 5.74) is 6.47. The fourth-order valence-corrected chi connectivity index (χ4v) is 4.31. The average Bonchev–Trinajstić information content (AvgIpc) is 2.42. The van der Waals surface area contributed by atoms with Gasteiger partial charge in [-0.25, -0.2) is 8.42 Å². The third kappa shape index (κ3) is 3.62. The quantitative estimate of drug-likeness (QED) is 0.831. The standard InChI is InChI=1S/C13H17ClN2O2S2/c14-11-7-6-9(13(15)19)8-12(11)16-20(17,18)10-4-2-1-3-5-10/h6-8,10,16H,1-5H2,(H2,15,19). The number of anilines is 1. The smallest absolute Gasteiger partial charge is 0.235 e. The first-order valence-corrected chi connectivity index (χ1v) is 8.84. The number of benzene rings is 1. The highest BCUT2D eigenvalue weighted by molar-refractivity contribution is 7.93. The number of nitrogens with two attached hydrogens (primary N) is 1. The summed E-state index contributed by atoms with van der Waals surface area (Å²) in [4.78, 5) is 0.208. The largest absolute Gasteiger partial charge is 0.389 e. The number of rotatable bonds is 4. The zero-order valence-corrected chi connectivity index (χ0v) is 13.3. The molecule has 110 valence electrons. The molecule has 1 fully saturated rings. The molecule has 2 rings (SSSR count). The minimum Gasteiger partial charge on any atom is -0.389 e. The molecule has 0 aromatic heterocycles. The van der Waals surface area contributed by atoms with Crippen LogP contribution in [-0.2, 0) is 10.0 Å². The number of halogens is 1. The van der Waals surface area contributed by atoms with Crippen LogP contribution in [0.4, 0.5) is 5.69 Å². The van der Waals surface area contributed by atoms with E-state index >= 15 is 0 Å². The lowest BCUT2D eigenvalue weighted by Gasteiger charge is -2.22. The van der Waals surface area contributed by atoms with E-state index in [1.54, 1.807) is 18.2 Å². The molecule has 1 saturated carbocycles. The van der Waals surface area contributed by atoms with Crippen molar-refractivity contribution >= 4 is 44.5 Å². The molecule has 1 aromatic carbocycles. The van der Waals surface area contributed by atoms with Crippen LogP contribution in [0.15, 0.2) is 18.2 Å². The lowest BCUT2D eigenvalue weighted by atomic mass is 10.0. The first-order chi connectivity index (χ1) is 9.40. The highest BCUT2D eigenvalue weighted by Gasteiger charge is 2.27. The van der Waals surface area contributed by atoms with E-state index in [9.17, 15) is 8.42 Å². The van der Waals surface area contributed by atoms with Gasteiger partial charge in [-0.05, 0) is 25.0 Å². The maximum Gasteiger partial charge on any atom is 0.235 e. The SMILES string of the molecule is NC(=S)c1ccc(Cl)c(NS(=O)(=O)C2CCCCC2)c1. The second kappa shape index (κ2) is 6.28. The zero-order chi connectivity index (χ0) is 14.8. The molecule has 0 aliphatic heterocycles. The van der Waals surface area contributed by atoms with Gasteiger partial charge in [-0.15, -0.1) is 0 Å². The van der Waals surface area contributed by atoms with Crippen LogP contribution in [0.3, 0.4) is 0 Å². The Morgan fingerprint density at radius 2 is 1.95 bits per heavy atom. The van der Waals surface area contributed by atoms with Crippen LogP contribution in [0.2, 0.25) is 5.02 Å². The van der Waals surface area contributed by atoms with E-state index in [2.05, 4.69) is 4.72 Å². The molecule has 0 bridgehead atoms. The van der Waals surface area contributed by atoms with E-state index in [1.807, 2.05) is 0 Å². The van der Waals surface area contributed by atoms with Crippen molar-refractivity contribution in [1.82, 2.24) is 0 Å². The normalized spacial score (nSPS) is 16.9. The van der Waals surface area contributed by atoms with Crippen molar-refractivity contribution < 1.29 is 8.42 Å². The summed E-state index contributed by atoms with van der Waals surface area (Å²) in [5.74, 6) is 0. The van der Waals surface area contributed by atoms with Crippen molar-refractivity contribution in [2.24, 2.45) is 5.73 Å². The van der Waals surface area contributed by atoms with Gasteiger partial charge < -0.3 is 5.73 Å². The Kier molecular flexibility index (Phi) is 4.88. The molecule has 3 N–H and O–H groups in total. The van der Waals surface area contributed by atoms with Crippen LogP contribution in [0, 0.1) is 0 Å². The van der Waals surface area contributed by atoms with E-state index in [0.717, 1.165) is 19.3 Å². The summed E-state index contributed by atoms with van der Waals surface area (Å²) < 4.78 is 27.3. The zero-order valence-electron chi connectivity index (χ0n) is 10.9. The molecule has 0 unspecified atom stereocenters. The van der Waals surface area contributed by atoms with Crippen molar-refractivity contribution in [3.05, 3.63) is 28.8 Å². The Morgan fingerprint density at radius 3 is 2.55 bits per heavy atom. The predicted molar refractivity (Wildman–Crippen MR) is 86.8 cm³/mol. The second-order valence-electron chi connectivity index (χ2n) is 4.97.